The highest BCUT2D eigenvalue weighted by Crippen LogP contribution is 2.55. The number of carboxylic acid groups (broad SMARTS) is 2. The van der Waals surface area contributed by atoms with Crippen molar-refractivity contribution in [2.45, 2.75) is 0 Å². The van der Waals surface area contributed by atoms with Crippen molar-refractivity contribution in [2.75, 3.05) is 0 Å². The molecule has 0 aromatic heterocycles. The van der Waals surface area contributed by atoms with Crippen molar-refractivity contribution in [3.63, 3.8) is 0 Å². The van der Waals surface area contributed by atoms with E-state index in [4.69, 9.17) is 9.47 Å². The molecule has 52 heavy (non-hydrogen) atoms. The number of cyclic esters (lactones) is 2. The van der Waals surface area contributed by atoms with Gasteiger partial charge in [0, 0.05) is 11.8 Å². The second kappa shape index (κ2) is 11.6. The van der Waals surface area contributed by atoms with E-state index in [0.29, 0.717) is 6.08 Å². The molecular formula is C36H20O16. The van der Waals surface area contributed by atoms with Crippen molar-refractivity contribution in [3.8, 4) is 11.5 Å². The molecule has 6 N–H and O–H groups in total. The van der Waals surface area contributed by atoms with E-state index in [1.807, 2.05) is 0 Å². The van der Waals surface area contributed by atoms with Crippen LogP contribution in [-0.2, 0) is 47.8 Å². The highest BCUT2D eigenvalue weighted by atomic mass is 16.6. The van der Waals surface area contributed by atoms with Gasteiger partial charge >= 0.3 is 23.9 Å². The summed E-state index contributed by atoms with van der Waals surface area (Å²) in [4.78, 5) is 105. The Morgan fingerprint density at radius 2 is 1.00 bits per heavy atom. The normalized spacial score (nSPS) is 25.8. The molecule has 260 valence electrons. The number of carbonyl (C=O) groups excluding carboxylic acids is 6. The first kappa shape index (κ1) is 33.2. The minimum Gasteiger partial charge on any atom is -0.508 e. The maximum absolute atomic E-state index is 13.7. The van der Waals surface area contributed by atoms with Crippen molar-refractivity contribution in [1.82, 2.24) is 0 Å². The highest BCUT2D eigenvalue weighted by Gasteiger charge is 2.62. The first-order chi connectivity index (χ1) is 24.6. The van der Waals surface area contributed by atoms with Gasteiger partial charge in [0.2, 0.25) is 23.1 Å². The Morgan fingerprint density at radius 1 is 0.558 bits per heavy atom. The molecule has 4 unspecified atom stereocenters. The van der Waals surface area contributed by atoms with Crippen LogP contribution >= 0.6 is 0 Å². The SMILES string of the molecule is O=C1C=C(C2=C(O)/C(=C(\C(=O)O)c3ccc(O)cc3)OC2=O)C2C3C(=O)C(=O)C(C=C3C3=C(O)/C(=C(\C(=O)O)c4ccc(O)cc4)OC3=O)C2C1=O. The van der Waals surface area contributed by atoms with Gasteiger partial charge in [0.05, 0.1) is 11.8 Å². The number of carboxylic acids is 2. The van der Waals surface area contributed by atoms with E-state index in [1.165, 1.54) is 0 Å². The molecule has 16 nitrogen and oxygen atoms in total. The van der Waals surface area contributed by atoms with Gasteiger partial charge in [-0.1, -0.05) is 30.3 Å². The van der Waals surface area contributed by atoms with Crippen LogP contribution in [0.3, 0.4) is 0 Å². The molecule has 2 aromatic carbocycles. The van der Waals surface area contributed by atoms with Gasteiger partial charge < -0.3 is 40.1 Å². The fraction of sp³-hybridized carbons (Fsp3) is 0.111. The Balaban J connectivity index is 1.41. The first-order valence-electron chi connectivity index (χ1n) is 15.1. The van der Waals surface area contributed by atoms with E-state index < -0.39 is 127 Å². The zero-order valence-electron chi connectivity index (χ0n) is 25.8. The van der Waals surface area contributed by atoms with Crippen LogP contribution in [-0.4, -0.2) is 77.6 Å². The Kier molecular flexibility index (Phi) is 7.41. The monoisotopic (exact) mass is 708 g/mol. The lowest BCUT2D eigenvalue weighted by molar-refractivity contribution is -0.152. The van der Waals surface area contributed by atoms with Crippen LogP contribution in [0, 0.1) is 23.7 Å². The average Bonchev–Trinajstić information content (AvgIpc) is 3.54. The summed E-state index contributed by atoms with van der Waals surface area (Å²) < 4.78 is 10.3. The molecule has 0 radical (unpaired) electrons. The number of Topliss-reactive ketones (excluding diaryl/α,β-unsaturated/α-hetero) is 3. The van der Waals surface area contributed by atoms with Crippen molar-refractivity contribution in [2.24, 2.45) is 23.7 Å². The van der Waals surface area contributed by atoms with E-state index in [-0.39, 0.29) is 22.6 Å². The molecule has 8 rings (SSSR count). The van der Waals surface area contributed by atoms with E-state index in [2.05, 4.69) is 0 Å². The Hall–Kier alpha value is -7.36. The lowest BCUT2D eigenvalue weighted by Gasteiger charge is -2.46. The minimum absolute atomic E-state index is 0.118. The largest absolute Gasteiger partial charge is 0.508 e. The summed E-state index contributed by atoms with van der Waals surface area (Å²) in [6, 6.07) is 9.09. The molecule has 0 spiro atoms. The standard InChI is InChI=1S/C36H20O16/c37-13-5-1-11(2-6-13)19(33(45)46)31-29(43)24(35(49)51-31)15-9-17-23-21(22(15)28(42)26(17)40)16(10-18(39)27(23)41)25-30(44)32(52-36(25)50)20(34(47)48)12-3-7-14(38)8-4-12/h1-10,17,21-23,37-38,43-44H,(H,45,46)(H,47,48)/b31-19+,32-20+. The molecule has 0 amide bonds. The number of aliphatic hydroxyl groups is 2. The van der Waals surface area contributed by atoms with Crippen LogP contribution in [0.5, 0.6) is 11.5 Å². The molecule has 1 fully saturated rings. The number of hydrogen-bond donors (Lipinski definition) is 6. The van der Waals surface area contributed by atoms with Crippen molar-refractivity contribution >= 4 is 58.2 Å². The molecule has 1 saturated carbocycles. The minimum atomic E-state index is -1.89. The number of allylic oxidation sites excluding steroid dienone is 2. The van der Waals surface area contributed by atoms with E-state index in [1.54, 1.807) is 0 Å². The number of phenolic OH excluding ortho intramolecular Hbond substituents is 2. The van der Waals surface area contributed by atoms with Gasteiger partial charge in [-0.3, -0.25) is 19.2 Å². The van der Waals surface area contributed by atoms with Gasteiger partial charge in [-0.25, -0.2) is 19.2 Å². The number of hydrogen-bond acceptors (Lipinski definition) is 14. The molecule has 6 aliphatic rings. The third-order valence-corrected chi connectivity index (χ3v) is 9.32. The molecule has 2 heterocycles. The van der Waals surface area contributed by atoms with Gasteiger partial charge in [0.1, 0.15) is 33.8 Å². The van der Waals surface area contributed by atoms with E-state index in [0.717, 1.165) is 54.6 Å². The fourth-order valence-electron chi connectivity index (χ4n) is 7.15. The lowest BCUT2D eigenvalue weighted by atomic mass is 9.52. The van der Waals surface area contributed by atoms with Gasteiger partial charge in [0.25, 0.3) is 0 Å². The zero-order valence-corrected chi connectivity index (χ0v) is 25.8. The maximum Gasteiger partial charge on any atom is 0.347 e. The molecule has 0 saturated heterocycles. The van der Waals surface area contributed by atoms with Crippen LogP contribution in [0.4, 0.5) is 0 Å². The average molecular weight is 709 g/mol. The summed E-state index contributed by atoms with van der Waals surface area (Å²) in [6.45, 7) is 0. The summed E-state index contributed by atoms with van der Waals surface area (Å²) in [5.74, 6) is -22.3. The van der Waals surface area contributed by atoms with Gasteiger partial charge in [-0.15, -0.1) is 0 Å². The highest BCUT2D eigenvalue weighted by molar-refractivity contribution is 6.48. The van der Waals surface area contributed by atoms with E-state index in [9.17, 15) is 69.0 Å². The Bertz CT molecular complexity index is 2340. The van der Waals surface area contributed by atoms with Gasteiger partial charge in [0.15, 0.2) is 23.0 Å². The molecule has 2 aliphatic heterocycles. The number of carbonyl (C=O) groups is 8. The molecular weight excluding hydrogens is 688 g/mol. The Morgan fingerprint density at radius 3 is 1.44 bits per heavy atom. The van der Waals surface area contributed by atoms with E-state index >= 15 is 0 Å². The fourth-order valence-corrected chi connectivity index (χ4v) is 7.15. The van der Waals surface area contributed by atoms with Crippen LogP contribution < -0.4 is 0 Å². The summed E-state index contributed by atoms with van der Waals surface area (Å²) in [6.07, 6.45) is 1.62. The molecule has 2 aromatic rings. The smallest absolute Gasteiger partial charge is 0.347 e. The number of ether oxygens (including phenoxy) is 2. The quantitative estimate of drug-likeness (QED) is 0.142. The van der Waals surface area contributed by atoms with Crippen molar-refractivity contribution in [3.05, 3.63) is 117 Å². The predicted molar refractivity (Wildman–Crippen MR) is 167 cm³/mol. The third-order valence-electron chi connectivity index (χ3n) is 9.32. The number of esters is 2. The Labute approximate surface area is 288 Å². The second-order valence-corrected chi connectivity index (χ2v) is 12.1. The molecule has 4 aliphatic carbocycles. The maximum atomic E-state index is 13.7. The lowest BCUT2D eigenvalue weighted by Crippen LogP contribution is -2.57. The van der Waals surface area contributed by atoms with Crippen LogP contribution in [0.2, 0.25) is 0 Å². The second-order valence-electron chi connectivity index (χ2n) is 12.1. The number of aliphatic hydroxyl groups excluding tert-OH is 2. The number of aliphatic carboxylic acids is 2. The number of fused-ring (bicyclic) bond motifs is 1. The summed E-state index contributed by atoms with van der Waals surface area (Å²) in [5, 5.41) is 61.9. The van der Waals surface area contributed by atoms with Crippen LogP contribution in [0.15, 0.2) is 106 Å². The van der Waals surface area contributed by atoms with Gasteiger partial charge in [-0.05, 0) is 52.6 Å². The number of phenols is 2. The number of ketones is 4. The number of benzene rings is 2. The molecule has 4 atom stereocenters. The van der Waals surface area contributed by atoms with Crippen molar-refractivity contribution in [1.29, 1.82) is 0 Å². The summed E-state index contributed by atoms with van der Waals surface area (Å²) >= 11 is 0. The number of aromatic hydroxyl groups is 2. The van der Waals surface area contributed by atoms with Gasteiger partial charge in [-0.2, -0.15) is 0 Å². The molecule has 16 heteroatoms. The first-order valence-corrected chi connectivity index (χ1v) is 15.1. The topological polar surface area (TPSA) is 276 Å². The zero-order chi connectivity index (χ0) is 37.5. The summed E-state index contributed by atoms with van der Waals surface area (Å²) in [5.41, 5.74) is -4.25. The predicted octanol–water partition coefficient (Wildman–Crippen LogP) is 1.76. The third kappa shape index (κ3) is 4.76. The van der Waals surface area contributed by atoms with Crippen LogP contribution in [0.1, 0.15) is 11.1 Å². The molecule has 2 bridgehead atoms. The number of rotatable bonds is 6. The van der Waals surface area contributed by atoms with Crippen LogP contribution in [0.25, 0.3) is 11.1 Å². The van der Waals surface area contributed by atoms with Crippen molar-refractivity contribution < 1.29 is 78.5 Å². The summed E-state index contributed by atoms with van der Waals surface area (Å²) in [7, 11) is 0.